The van der Waals surface area contributed by atoms with Gasteiger partial charge < -0.3 is 19.9 Å². The van der Waals surface area contributed by atoms with Crippen LogP contribution >= 0.6 is 0 Å². The van der Waals surface area contributed by atoms with Crippen LogP contribution in [0.3, 0.4) is 0 Å². The van der Waals surface area contributed by atoms with E-state index in [0.717, 1.165) is 36.8 Å². The van der Waals surface area contributed by atoms with Gasteiger partial charge in [0.2, 0.25) is 5.91 Å². The highest BCUT2D eigenvalue weighted by Gasteiger charge is 2.20. The summed E-state index contributed by atoms with van der Waals surface area (Å²) in [5.41, 5.74) is 3.74. The molecule has 0 saturated heterocycles. The molecule has 6 heteroatoms. The van der Waals surface area contributed by atoms with Crippen LogP contribution in [-0.4, -0.2) is 55.0 Å². The van der Waals surface area contributed by atoms with Crippen LogP contribution in [0.15, 0.2) is 53.5 Å². The van der Waals surface area contributed by atoms with Crippen molar-refractivity contribution in [2.24, 2.45) is 4.99 Å². The summed E-state index contributed by atoms with van der Waals surface area (Å²) in [6, 6.07) is 16.4. The van der Waals surface area contributed by atoms with E-state index in [2.05, 4.69) is 40.6 Å². The molecule has 30 heavy (non-hydrogen) atoms. The van der Waals surface area contributed by atoms with Gasteiger partial charge in [-0.25, -0.2) is 4.99 Å². The number of aliphatic imine (C=N–C) groups is 1. The molecule has 0 spiro atoms. The van der Waals surface area contributed by atoms with Crippen molar-refractivity contribution in [2.75, 3.05) is 33.3 Å². The van der Waals surface area contributed by atoms with Gasteiger partial charge in [0.25, 0.3) is 0 Å². The highest BCUT2D eigenvalue weighted by molar-refractivity contribution is 5.85. The molecule has 6 nitrogen and oxygen atoms in total. The van der Waals surface area contributed by atoms with Gasteiger partial charge in [-0.3, -0.25) is 4.79 Å². The van der Waals surface area contributed by atoms with E-state index in [0.29, 0.717) is 19.7 Å². The Morgan fingerprint density at radius 3 is 2.57 bits per heavy atom. The fourth-order valence-corrected chi connectivity index (χ4v) is 3.63. The van der Waals surface area contributed by atoms with Gasteiger partial charge in [-0.2, -0.15) is 0 Å². The van der Waals surface area contributed by atoms with Crippen molar-refractivity contribution < 1.29 is 9.53 Å². The molecule has 3 rings (SSSR count). The molecule has 160 valence electrons. The molecule has 0 aromatic heterocycles. The first kappa shape index (κ1) is 21.7. The largest absolute Gasteiger partial charge is 0.494 e. The van der Waals surface area contributed by atoms with Gasteiger partial charge in [0.05, 0.1) is 6.61 Å². The van der Waals surface area contributed by atoms with E-state index in [1.807, 2.05) is 48.9 Å². The predicted octanol–water partition coefficient (Wildman–Crippen LogP) is 3.07. The maximum Gasteiger partial charge on any atom is 0.244 e. The SMILES string of the molecule is CCNC(=NCC(=O)N1CCc2ccccc2C1)N(C)Cc1ccc(OCC)cc1. The minimum Gasteiger partial charge on any atom is -0.494 e. The molecule has 0 fully saturated rings. The third kappa shape index (κ3) is 5.75. The lowest BCUT2D eigenvalue weighted by Crippen LogP contribution is -2.41. The first-order chi connectivity index (χ1) is 14.6. The molecule has 1 amide bonds. The maximum atomic E-state index is 12.8. The molecule has 1 heterocycles. The van der Waals surface area contributed by atoms with Crippen molar-refractivity contribution in [3.05, 3.63) is 65.2 Å². The molecular formula is C24H32N4O2. The summed E-state index contributed by atoms with van der Waals surface area (Å²) < 4.78 is 5.50. The van der Waals surface area contributed by atoms with E-state index in [1.54, 1.807) is 0 Å². The van der Waals surface area contributed by atoms with Crippen LogP contribution in [0.2, 0.25) is 0 Å². The number of amides is 1. The minimum absolute atomic E-state index is 0.0642. The average molecular weight is 409 g/mol. The standard InChI is InChI=1S/C24H32N4O2/c1-4-25-24(27(3)17-19-10-12-22(13-11-19)30-5-2)26-16-23(29)28-15-14-20-8-6-7-9-21(20)18-28/h6-13H,4-5,14-18H2,1-3H3,(H,25,26). The summed E-state index contributed by atoms with van der Waals surface area (Å²) >= 11 is 0. The van der Waals surface area contributed by atoms with Crippen molar-refractivity contribution >= 4 is 11.9 Å². The van der Waals surface area contributed by atoms with Crippen molar-refractivity contribution in [3.63, 3.8) is 0 Å². The van der Waals surface area contributed by atoms with Crippen LogP contribution in [0.25, 0.3) is 0 Å². The summed E-state index contributed by atoms with van der Waals surface area (Å²) in [4.78, 5) is 21.3. The molecule has 0 saturated carbocycles. The van der Waals surface area contributed by atoms with Gasteiger partial charge in [0.1, 0.15) is 12.3 Å². The molecule has 2 aromatic rings. The second kappa shape index (κ2) is 10.7. The van der Waals surface area contributed by atoms with E-state index in [4.69, 9.17) is 4.74 Å². The van der Waals surface area contributed by atoms with Crippen molar-refractivity contribution in [1.29, 1.82) is 0 Å². The Labute approximate surface area is 179 Å². The highest BCUT2D eigenvalue weighted by Crippen LogP contribution is 2.18. The topological polar surface area (TPSA) is 57.2 Å². The molecule has 2 aromatic carbocycles. The number of nitrogens with one attached hydrogen (secondary N) is 1. The quantitative estimate of drug-likeness (QED) is 0.565. The average Bonchev–Trinajstić information content (AvgIpc) is 2.77. The fourth-order valence-electron chi connectivity index (χ4n) is 3.63. The van der Waals surface area contributed by atoms with Crippen LogP contribution in [0.1, 0.15) is 30.5 Å². The number of nitrogens with zero attached hydrogens (tertiary/aromatic N) is 3. The van der Waals surface area contributed by atoms with Crippen molar-refractivity contribution in [3.8, 4) is 5.75 Å². The summed E-state index contributed by atoms with van der Waals surface area (Å²) in [5.74, 6) is 1.67. The lowest BCUT2D eigenvalue weighted by molar-refractivity contribution is -0.130. The second-order valence-electron chi connectivity index (χ2n) is 7.44. The molecule has 0 atom stereocenters. The number of benzene rings is 2. The summed E-state index contributed by atoms with van der Waals surface area (Å²) in [7, 11) is 1.99. The second-order valence-corrected chi connectivity index (χ2v) is 7.44. The zero-order chi connectivity index (χ0) is 21.3. The van der Waals surface area contributed by atoms with Crippen LogP contribution in [-0.2, 0) is 24.3 Å². The van der Waals surface area contributed by atoms with Gasteiger partial charge in [-0.05, 0) is 49.1 Å². The van der Waals surface area contributed by atoms with Crippen LogP contribution in [0.4, 0.5) is 0 Å². The molecular weight excluding hydrogens is 376 g/mol. The Hall–Kier alpha value is -3.02. The van der Waals surface area contributed by atoms with E-state index >= 15 is 0 Å². The monoisotopic (exact) mass is 408 g/mol. The van der Waals surface area contributed by atoms with Crippen LogP contribution in [0, 0.1) is 0 Å². The zero-order valence-corrected chi connectivity index (χ0v) is 18.2. The molecule has 0 bridgehead atoms. The normalized spacial score (nSPS) is 13.6. The highest BCUT2D eigenvalue weighted by atomic mass is 16.5. The first-order valence-corrected chi connectivity index (χ1v) is 10.7. The van der Waals surface area contributed by atoms with Gasteiger partial charge >= 0.3 is 0 Å². The van der Waals surface area contributed by atoms with Gasteiger partial charge in [0.15, 0.2) is 5.96 Å². The van der Waals surface area contributed by atoms with E-state index < -0.39 is 0 Å². The summed E-state index contributed by atoms with van der Waals surface area (Å²) in [6.45, 7) is 7.69. The van der Waals surface area contributed by atoms with E-state index in [1.165, 1.54) is 11.1 Å². The Balaban J connectivity index is 1.60. The zero-order valence-electron chi connectivity index (χ0n) is 18.2. The number of carbonyl (C=O) groups is 1. The Morgan fingerprint density at radius 1 is 1.13 bits per heavy atom. The number of carbonyl (C=O) groups excluding carboxylic acids is 1. The number of hydrogen-bond donors (Lipinski definition) is 1. The van der Waals surface area contributed by atoms with Gasteiger partial charge in [0, 0.05) is 33.2 Å². The third-order valence-electron chi connectivity index (χ3n) is 5.20. The molecule has 0 aliphatic carbocycles. The number of ether oxygens (including phenoxy) is 1. The molecule has 0 radical (unpaired) electrons. The smallest absolute Gasteiger partial charge is 0.244 e. The maximum absolute atomic E-state index is 12.8. The molecule has 1 N–H and O–H groups in total. The van der Waals surface area contributed by atoms with Gasteiger partial charge in [-0.1, -0.05) is 36.4 Å². The van der Waals surface area contributed by atoms with Crippen molar-refractivity contribution in [1.82, 2.24) is 15.1 Å². The first-order valence-electron chi connectivity index (χ1n) is 10.7. The fraction of sp³-hybridized carbons (Fsp3) is 0.417. The summed E-state index contributed by atoms with van der Waals surface area (Å²) in [6.07, 6.45) is 0.906. The third-order valence-corrected chi connectivity index (χ3v) is 5.20. The lowest BCUT2D eigenvalue weighted by Gasteiger charge is -2.29. The van der Waals surface area contributed by atoms with E-state index in [-0.39, 0.29) is 12.5 Å². The van der Waals surface area contributed by atoms with Crippen molar-refractivity contribution in [2.45, 2.75) is 33.4 Å². The number of rotatable bonds is 7. The van der Waals surface area contributed by atoms with Crippen LogP contribution in [0.5, 0.6) is 5.75 Å². The number of fused-ring (bicyclic) bond motifs is 1. The Morgan fingerprint density at radius 2 is 1.87 bits per heavy atom. The van der Waals surface area contributed by atoms with Crippen LogP contribution < -0.4 is 10.1 Å². The lowest BCUT2D eigenvalue weighted by atomic mass is 10.00. The molecule has 0 unspecified atom stereocenters. The Kier molecular flexibility index (Phi) is 7.71. The minimum atomic E-state index is 0.0642. The molecule has 1 aliphatic rings. The molecule has 1 aliphatic heterocycles. The summed E-state index contributed by atoms with van der Waals surface area (Å²) in [5, 5.41) is 3.29. The number of hydrogen-bond acceptors (Lipinski definition) is 3. The predicted molar refractivity (Wildman–Crippen MR) is 121 cm³/mol. The van der Waals surface area contributed by atoms with Gasteiger partial charge in [-0.15, -0.1) is 0 Å². The van der Waals surface area contributed by atoms with E-state index in [9.17, 15) is 4.79 Å². The number of guanidine groups is 1. The Bertz CT molecular complexity index is 864.